The summed E-state index contributed by atoms with van der Waals surface area (Å²) in [5.41, 5.74) is 0.472. The second-order valence-corrected chi connectivity index (χ2v) is 7.59. The van der Waals surface area contributed by atoms with Gasteiger partial charge in [0.1, 0.15) is 9.77 Å². The third-order valence-electron chi connectivity index (χ3n) is 3.56. The number of likely N-dealkylation sites (N-methyl/N-ethyl adjacent to an activating group) is 1. The fourth-order valence-corrected chi connectivity index (χ4v) is 5.13. The molecule has 112 valence electrons. The summed E-state index contributed by atoms with van der Waals surface area (Å²) in [6.07, 6.45) is 2.01. The molecular weight excluding hydrogens is 300 g/mol. The summed E-state index contributed by atoms with van der Waals surface area (Å²) in [6, 6.07) is 0.178. The van der Waals surface area contributed by atoms with E-state index in [4.69, 9.17) is 5.11 Å². The van der Waals surface area contributed by atoms with Gasteiger partial charge in [0.2, 0.25) is 10.0 Å². The van der Waals surface area contributed by atoms with Gasteiger partial charge in [-0.1, -0.05) is 0 Å². The quantitative estimate of drug-likeness (QED) is 0.850. The molecule has 8 heteroatoms. The fourth-order valence-electron chi connectivity index (χ4n) is 2.43. The number of likely N-dealkylation sites (tertiary alicyclic amines) is 1. The van der Waals surface area contributed by atoms with Gasteiger partial charge in [0, 0.05) is 12.6 Å². The average Bonchev–Trinajstić information content (AvgIpc) is 2.93. The molecule has 1 aromatic rings. The van der Waals surface area contributed by atoms with Crippen molar-refractivity contribution in [3.8, 4) is 0 Å². The highest BCUT2D eigenvalue weighted by Gasteiger charge is 2.28. The Labute approximate surface area is 122 Å². The minimum atomic E-state index is -3.78. The number of thiophene rings is 1. The number of carbonyl (C=O) groups is 1. The van der Waals surface area contributed by atoms with Crippen LogP contribution in [0.5, 0.6) is 0 Å². The summed E-state index contributed by atoms with van der Waals surface area (Å²) in [5.74, 6) is -1.21. The molecule has 1 aromatic heterocycles. The molecule has 2 rings (SSSR count). The molecule has 1 atom stereocenters. The normalized spacial score (nSPS) is 20.4. The van der Waals surface area contributed by atoms with Gasteiger partial charge in [-0.15, -0.1) is 11.3 Å². The zero-order chi connectivity index (χ0) is 14.9. The highest BCUT2D eigenvalue weighted by Crippen LogP contribution is 2.27. The van der Waals surface area contributed by atoms with Crippen LogP contribution in [-0.4, -0.2) is 50.6 Å². The Morgan fingerprint density at radius 1 is 1.60 bits per heavy atom. The van der Waals surface area contributed by atoms with Gasteiger partial charge in [-0.2, -0.15) is 0 Å². The number of hydrogen-bond acceptors (Lipinski definition) is 5. The minimum absolute atomic E-state index is 0.101. The van der Waals surface area contributed by atoms with Crippen LogP contribution in [0.2, 0.25) is 0 Å². The van der Waals surface area contributed by atoms with Crippen molar-refractivity contribution in [2.45, 2.75) is 30.7 Å². The summed E-state index contributed by atoms with van der Waals surface area (Å²) >= 11 is 0.941. The number of carboxylic acid groups (broad SMARTS) is 1. The Bertz CT molecular complexity index is 609. The first-order valence-corrected chi connectivity index (χ1v) is 8.70. The van der Waals surface area contributed by atoms with Gasteiger partial charge in [0.25, 0.3) is 0 Å². The molecule has 20 heavy (non-hydrogen) atoms. The van der Waals surface area contributed by atoms with Gasteiger partial charge >= 0.3 is 5.97 Å². The topological polar surface area (TPSA) is 86.7 Å². The minimum Gasteiger partial charge on any atom is -0.477 e. The van der Waals surface area contributed by atoms with Crippen LogP contribution in [0.3, 0.4) is 0 Å². The van der Waals surface area contributed by atoms with E-state index in [0.717, 1.165) is 30.7 Å². The smallest absolute Gasteiger partial charge is 0.347 e. The highest BCUT2D eigenvalue weighted by atomic mass is 32.2. The molecule has 0 spiro atoms. The second-order valence-electron chi connectivity index (χ2n) is 5.01. The molecule has 1 saturated heterocycles. The van der Waals surface area contributed by atoms with Crippen LogP contribution in [0.25, 0.3) is 0 Å². The van der Waals surface area contributed by atoms with E-state index in [-0.39, 0.29) is 15.8 Å². The fraction of sp³-hybridized carbons (Fsp3) is 0.583. The Morgan fingerprint density at radius 2 is 2.30 bits per heavy atom. The van der Waals surface area contributed by atoms with Crippen LogP contribution in [0.15, 0.2) is 10.3 Å². The molecule has 2 N–H and O–H groups in total. The Hall–Kier alpha value is -0.960. The van der Waals surface area contributed by atoms with Crippen LogP contribution in [0.4, 0.5) is 0 Å². The van der Waals surface area contributed by atoms with Gasteiger partial charge in [-0.05, 0) is 44.3 Å². The van der Waals surface area contributed by atoms with Crippen molar-refractivity contribution in [3.63, 3.8) is 0 Å². The summed E-state index contributed by atoms with van der Waals surface area (Å²) in [6.45, 7) is 2.89. The Kier molecular flexibility index (Phi) is 4.48. The number of nitrogens with zero attached hydrogens (tertiary/aromatic N) is 1. The van der Waals surface area contributed by atoms with E-state index >= 15 is 0 Å². The first kappa shape index (κ1) is 15.4. The molecule has 0 aromatic carbocycles. The van der Waals surface area contributed by atoms with Crippen LogP contribution < -0.4 is 4.72 Å². The Balaban J connectivity index is 2.18. The molecule has 0 saturated carbocycles. The van der Waals surface area contributed by atoms with Crippen molar-refractivity contribution in [1.82, 2.24) is 9.62 Å². The largest absolute Gasteiger partial charge is 0.477 e. The molecule has 1 unspecified atom stereocenters. The molecule has 2 heterocycles. The zero-order valence-corrected chi connectivity index (χ0v) is 13.1. The van der Waals surface area contributed by atoms with E-state index in [0.29, 0.717) is 12.1 Å². The number of hydrogen-bond donors (Lipinski definition) is 2. The van der Waals surface area contributed by atoms with Crippen molar-refractivity contribution in [1.29, 1.82) is 0 Å². The van der Waals surface area contributed by atoms with Crippen molar-refractivity contribution < 1.29 is 18.3 Å². The lowest BCUT2D eigenvalue weighted by Gasteiger charge is -2.19. The monoisotopic (exact) mass is 318 g/mol. The van der Waals surface area contributed by atoms with Crippen LogP contribution in [0, 0.1) is 6.92 Å². The lowest BCUT2D eigenvalue weighted by atomic mass is 10.2. The van der Waals surface area contributed by atoms with Gasteiger partial charge in [-0.25, -0.2) is 17.9 Å². The molecule has 1 fully saturated rings. The molecule has 0 radical (unpaired) electrons. The van der Waals surface area contributed by atoms with E-state index in [1.54, 1.807) is 12.3 Å². The van der Waals surface area contributed by atoms with Crippen LogP contribution in [-0.2, 0) is 10.0 Å². The Morgan fingerprint density at radius 3 is 2.85 bits per heavy atom. The maximum atomic E-state index is 12.3. The third kappa shape index (κ3) is 3.03. The van der Waals surface area contributed by atoms with Gasteiger partial charge in [0.05, 0.1) is 0 Å². The van der Waals surface area contributed by atoms with Gasteiger partial charge in [-0.3, -0.25) is 0 Å². The van der Waals surface area contributed by atoms with Crippen LogP contribution in [0.1, 0.15) is 28.1 Å². The maximum absolute atomic E-state index is 12.3. The van der Waals surface area contributed by atoms with Crippen molar-refractivity contribution in [2.24, 2.45) is 0 Å². The van der Waals surface area contributed by atoms with Crippen molar-refractivity contribution >= 4 is 27.3 Å². The van der Waals surface area contributed by atoms with E-state index in [9.17, 15) is 13.2 Å². The molecule has 1 aliphatic rings. The molecule has 0 aliphatic carbocycles. The number of carboxylic acids is 1. The van der Waals surface area contributed by atoms with Gasteiger partial charge < -0.3 is 10.0 Å². The zero-order valence-electron chi connectivity index (χ0n) is 11.4. The molecule has 1 aliphatic heterocycles. The first-order chi connectivity index (χ1) is 9.33. The van der Waals surface area contributed by atoms with E-state index in [1.807, 2.05) is 7.05 Å². The highest BCUT2D eigenvalue weighted by molar-refractivity contribution is 7.89. The van der Waals surface area contributed by atoms with E-state index < -0.39 is 16.0 Å². The van der Waals surface area contributed by atoms with Crippen LogP contribution >= 0.6 is 11.3 Å². The number of aromatic carboxylic acids is 1. The molecule has 0 bridgehead atoms. The molecule has 0 amide bonds. The summed E-state index contributed by atoms with van der Waals surface area (Å²) in [4.78, 5) is 13.0. The van der Waals surface area contributed by atoms with E-state index in [1.165, 1.54) is 0 Å². The SMILES string of the molecule is Cc1csc(C(=O)O)c1S(=O)(=O)NCC1CCCN1C. The summed E-state index contributed by atoms with van der Waals surface area (Å²) < 4.78 is 27.2. The molecule has 6 nitrogen and oxygen atoms in total. The van der Waals surface area contributed by atoms with E-state index in [2.05, 4.69) is 9.62 Å². The lowest BCUT2D eigenvalue weighted by Crippen LogP contribution is -2.38. The average molecular weight is 318 g/mol. The van der Waals surface area contributed by atoms with Crippen molar-refractivity contribution in [2.75, 3.05) is 20.1 Å². The predicted molar refractivity (Wildman–Crippen MR) is 76.9 cm³/mol. The standard InChI is InChI=1S/C12H18N2O4S2/c1-8-7-19-10(12(15)16)11(8)20(17,18)13-6-9-4-3-5-14(9)2/h7,9,13H,3-6H2,1-2H3,(H,15,16). The third-order valence-corrected chi connectivity index (χ3v) is 6.39. The number of nitrogens with one attached hydrogen (secondary N) is 1. The summed E-state index contributed by atoms with van der Waals surface area (Å²) in [5, 5.41) is 10.6. The van der Waals surface area contributed by atoms with Gasteiger partial charge in [0.15, 0.2) is 0 Å². The number of aryl methyl sites for hydroxylation is 1. The second kappa shape index (κ2) is 5.80. The molecular formula is C12H18N2O4S2. The first-order valence-electron chi connectivity index (χ1n) is 6.34. The maximum Gasteiger partial charge on any atom is 0.347 e. The number of rotatable bonds is 5. The number of sulfonamides is 1. The summed E-state index contributed by atoms with van der Waals surface area (Å²) in [7, 11) is -1.82. The lowest BCUT2D eigenvalue weighted by molar-refractivity contribution is 0.0698. The predicted octanol–water partition coefficient (Wildman–Crippen LogP) is 1.13. The van der Waals surface area contributed by atoms with Crippen molar-refractivity contribution in [3.05, 3.63) is 15.8 Å².